The summed E-state index contributed by atoms with van der Waals surface area (Å²) in [5.74, 6) is 7.74. The number of nitrogens with zero attached hydrogens (tertiary/aromatic N) is 4. The van der Waals surface area contributed by atoms with E-state index < -0.39 is 0 Å². The van der Waals surface area contributed by atoms with Crippen LogP contribution in [0.1, 0.15) is 56.0 Å². The molecule has 0 spiro atoms. The summed E-state index contributed by atoms with van der Waals surface area (Å²) in [7, 11) is 1.86. The van der Waals surface area contributed by atoms with Crippen LogP contribution in [0.4, 0.5) is 0 Å². The zero-order valence-electron chi connectivity index (χ0n) is 23.8. The van der Waals surface area contributed by atoms with E-state index in [4.69, 9.17) is 9.47 Å². The summed E-state index contributed by atoms with van der Waals surface area (Å²) in [5, 5.41) is 8.55. The maximum atomic E-state index is 13.0. The van der Waals surface area contributed by atoms with E-state index in [1.807, 2.05) is 110 Å². The van der Waals surface area contributed by atoms with Gasteiger partial charge in [-0.2, -0.15) is 0 Å². The van der Waals surface area contributed by atoms with Gasteiger partial charge in [-0.15, -0.1) is 5.10 Å². The Morgan fingerprint density at radius 1 is 0.976 bits per heavy atom. The first-order valence-corrected chi connectivity index (χ1v) is 14.2. The van der Waals surface area contributed by atoms with E-state index in [0.717, 1.165) is 41.9 Å². The molecule has 4 aromatic rings. The molecular formula is C34H36N4O3. The van der Waals surface area contributed by atoms with Crippen LogP contribution in [0.2, 0.25) is 0 Å². The van der Waals surface area contributed by atoms with Gasteiger partial charge < -0.3 is 14.4 Å². The number of carbonyl (C=O) groups excluding carboxylic acids is 1. The molecular weight excluding hydrogens is 512 g/mol. The van der Waals surface area contributed by atoms with Crippen LogP contribution in [0.15, 0.2) is 91.1 Å². The molecule has 1 aliphatic heterocycles. The molecule has 1 aliphatic rings. The second kappa shape index (κ2) is 13.3. The first-order chi connectivity index (χ1) is 19.9. The van der Waals surface area contributed by atoms with E-state index in [1.54, 1.807) is 4.90 Å². The van der Waals surface area contributed by atoms with Gasteiger partial charge in [-0.1, -0.05) is 66.6 Å². The third-order valence-electron chi connectivity index (χ3n) is 7.46. The minimum atomic E-state index is -0.184. The number of aromatic nitrogens is 3. The Balaban J connectivity index is 1.10. The van der Waals surface area contributed by atoms with Crippen LogP contribution in [0, 0.1) is 17.8 Å². The number of hydrogen-bond donors (Lipinski definition) is 0. The van der Waals surface area contributed by atoms with E-state index in [-0.39, 0.29) is 30.1 Å². The van der Waals surface area contributed by atoms with Gasteiger partial charge in [-0.05, 0) is 74.1 Å². The van der Waals surface area contributed by atoms with Crippen molar-refractivity contribution in [3.05, 3.63) is 108 Å². The highest BCUT2D eigenvalue weighted by Crippen LogP contribution is 2.31. The van der Waals surface area contributed by atoms with Gasteiger partial charge >= 0.3 is 0 Å². The Kier molecular flexibility index (Phi) is 9.12. The molecule has 41 heavy (non-hydrogen) atoms. The second-order valence-corrected chi connectivity index (χ2v) is 10.7. The van der Waals surface area contributed by atoms with Gasteiger partial charge in [-0.3, -0.25) is 4.79 Å². The number of para-hydroxylation sites is 1. The van der Waals surface area contributed by atoms with E-state index in [9.17, 15) is 4.79 Å². The SMILES string of the molecule is C[C@H](C[C@@H]1CC[C@H]([C@@H](C)C(=O)N(C)Cc2ccccc2)O1)n1cc(C#Cc2ccc(Oc3ccccc3)cc2)nn1. The average molecular weight is 549 g/mol. The fourth-order valence-corrected chi connectivity index (χ4v) is 5.12. The molecule has 0 N–H and O–H groups in total. The van der Waals surface area contributed by atoms with Gasteiger partial charge in [-0.25, -0.2) is 4.68 Å². The molecule has 4 atom stereocenters. The summed E-state index contributed by atoms with van der Waals surface area (Å²) < 4.78 is 14.0. The number of ether oxygens (including phenoxy) is 2. The van der Waals surface area contributed by atoms with Crippen LogP contribution in [0.5, 0.6) is 11.5 Å². The molecule has 210 valence electrons. The molecule has 1 saturated heterocycles. The normalized spacial score (nSPS) is 17.7. The Hall–Kier alpha value is -4.41. The lowest BCUT2D eigenvalue weighted by Crippen LogP contribution is -2.37. The summed E-state index contributed by atoms with van der Waals surface area (Å²) in [5.41, 5.74) is 2.61. The first kappa shape index (κ1) is 28.1. The third-order valence-corrected chi connectivity index (χ3v) is 7.46. The fraction of sp³-hybridized carbons (Fsp3) is 0.324. The molecule has 3 aromatic carbocycles. The lowest BCUT2D eigenvalue weighted by molar-refractivity contribution is -0.139. The average Bonchev–Trinajstić information content (AvgIpc) is 3.67. The predicted octanol–water partition coefficient (Wildman–Crippen LogP) is 6.26. The van der Waals surface area contributed by atoms with Gasteiger partial charge in [0.25, 0.3) is 0 Å². The van der Waals surface area contributed by atoms with E-state index in [1.165, 1.54) is 0 Å². The Morgan fingerprint density at radius 2 is 1.66 bits per heavy atom. The zero-order valence-corrected chi connectivity index (χ0v) is 23.8. The zero-order chi connectivity index (χ0) is 28.6. The Morgan fingerprint density at radius 3 is 2.39 bits per heavy atom. The smallest absolute Gasteiger partial charge is 0.228 e. The maximum Gasteiger partial charge on any atom is 0.228 e. The van der Waals surface area contributed by atoms with Crippen molar-refractivity contribution in [2.24, 2.45) is 5.92 Å². The van der Waals surface area contributed by atoms with E-state index in [2.05, 4.69) is 29.1 Å². The summed E-state index contributed by atoms with van der Waals surface area (Å²) in [6, 6.07) is 27.5. The largest absolute Gasteiger partial charge is 0.457 e. The van der Waals surface area contributed by atoms with E-state index in [0.29, 0.717) is 12.2 Å². The van der Waals surface area contributed by atoms with Crippen LogP contribution in [0.25, 0.3) is 0 Å². The molecule has 5 rings (SSSR count). The lowest BCUT2D eigenvalue weighted by Gasteiger charge is -2.26. The fourth-order valence-electron chi connectivity index (χ4n) is 5.12. The number of hydrogen-bond acceptors (Lipinski definition) is 5. The topological polar surface area (TPSA) is 69.5 Å². The van der Waals surface area contributed by atoms with Crippen molar-refractivity contribution in [2.75, 3.05) is 7.05 Å². The minimum Gasteiger partial charge on any atom is -0.457 e. The summed E-state index contributed by atoms with van der Waals surface area (Å²) in [4.78, 5) is 14.8. The number of benzene rings is 3. The van der Waals surface area contributed by atoms with Gasteiger partial charge in [0.1, 0.15) is 11.5 Å². The third kappa shape index (κ3) is 7.62. The lowest BCUT2D eigenvalue weighted by atomic mass is 9.99. The summed E-state index contributed by atoms with van der Waals surface area (Å²) in [6.07, 6.45) is 4.50. The molecule has 0 saturated carbocycles. The van der Waals surface area contributed by atoms with Crippen LogP contribution < -0.4 is 4.74 Å². The van der Waals surface area contributed by atoms with Gasteiger partial charge in [0.15, 0.2) is 5.69 Å². The number of carbonyl (C=O) groups is 1. The van der Waals surface area contributed by atoms with Crippen molar-refractivity contribution in [3.63, 3.8) is 0 Å². The summed E-state index contributed by atoms with van der Waals surface area (Å²) >= 11 is 0. The highest BCUT2D eigenvalue weighted by Gasteiger charge is 2.35. The van der Waals surface area contributed by atoms with Crippen LogP contribution in [-0.2, 0) is 16.1 Å². The monoisotopic (exact) mass is 548 g/mol. The van der Waals surface area contributed by atoms with Crippen molar-refractivity contribution in [2.45, 2.75) is 57.9 Å². The molecule has 7 heteroatoms. The predicted molar refractivity (Wildman–Crippen MR) is 158 cm³/mol. The number of amides is 1. The quantitative estimate of drug-likeness (QED) is 0.231. The Labute approximate surface area is 242 Å². The second-order valence-electron chi connectivity index (χ2n) is 10.7. The molecule has 0 unspecified atom stereocenters. The van der Waals surface area contributed by atoms with Crippen LogP contribution in [-0.4, -0.2) is 45.1 Å². The van der Waals surface area contributed by atoms with Crippen molar-refractivity contribution < 1.29 is 14.3 Å². The van der Waals surface area contributed by atoms with Crippen molar-refractivity contribution >= 4 is 5.91 Å². The molecule has 7 nitrogen and oxygen atoms in total. The molecule has 1 aromatic heterocycles. The van der Waals surface area contributed by atoms with Gasteiger partial charge in [0, 0.05) is 19.2 Å². The van der Waals surface area contributed by atoms with Crippen LogP contribution in [0.3, 0.4) is 0 Å². The van der Waals surface area contributed by atoms with Crippen molar-refractivity contribution in [3.8, 4) is 23.3 Å². The van der Waals surface area contributed by atoms with Crippen molar-refractivity contribution in [1.29, 1.82) is 0 Å². The molecule has 0 bridgehead atoms. The van der Waals surface area contributed by atoms with Crippen LogP contribution >= 0.6 is 0 Å². The summed E-state index contributed by atoms with van der Waals surface area (Å²) in [6.45, 7) is 4.69. The van der Waals surface area contributed by atoms with Crippen molar-refractivity contribution in [1.82, 2.24) is 19.9 Å². The first-order valence-electron chi connectivity index (χ1n) is 14.2. The molecule has 0 radical (unpaired) electrons. The maximum absolute atomic E-state index is 13.0. The standard InChI is InChI=1S/C34H36N4O3/c1-25(22-32-20-21-33(41-32)26(2)34(39)37(3)23-28-10-6-4-7-11-28)38-24-29(35-36-38)17-14-27-15-18-31(19-16-27)40-30-12-8-5-9-13-30/h4-13,15-16,18-19,24-26,32-33H,20-23H2,1-3H3/t25-,26-,32+,33-/m1/s1. The highest BCUT2D eigenvalue weighted by atomic mass is 16.5. The molecule has 2 heterocycles. The highest BCUT2D eigenvalue weighted by molar-refractivity contribution is 5.78. The number of rotatable bonds is 9. The molecule has 1 fully saturated rings. The van der Waals surface area contributed by atoms with Gasteiger partial charge in [0.2, 0.25) is 5.91 Å². The minimum absolute atomic E-state index is 0.0698. The molecule has 0 aliphatic carbocycles. The van der Waals surface area contributed by atoms with E-state index >= 15 is 0 Å². The Bertz CT molecular complexity index is 1480. The molecule has 1 amide bonds. The van der Waals surface area contributed by atoms with Gasteiger partial charge in [0.05, 0.1) is 30.4 Å².